The molecule has 0 spiro atoms. The molecular formula is C74H46N2. The van der Waals surface area contributed by atoms with Crippen molar-refractivity contribution in [3.8, 4) is 11.4 Å². The van der Waals surface area contributed by atoms with Gasteiger partial charge in [0.2, 0.25) is 0 Å². The molecule has 2 heteroatoms. The fourth-order valence-electron chi connectivity index (χ4n) is 13.7. The first kappa shape index (κ1) is 41.7. The van der Waals surface area contributed by atoms with Crippen molar-refractivity contribution in [2.24, 2.45) is 0 Å². The third-order valence-electron chi connectivity index (χ3n) is 17.2. The molecule has 16 bridgehead atoms. The molecular weight excluding hydrogens is 917 g/mol. The summed E-state index contributed by atoms with van der Waals surface area (Å²) in [6, 6.07) is 101. The molecule has 2 aliphatic carbocycles. The van der Waals surface area contributed by atoms with Gasteiger partial charge < -0.3 is 9.13 Å². The molecule has 0 N–H and O–H groups in total. The van der Waals surface area contributed by atoms with Crippen LogP contribution < -0.4 is 0 Å². The minimum absolute atomic E-state index is 0.143. The van der Waals surface area contributed by atoms with E-state index in [1.807, 2.05) is 0 Å². The van der Waals surface area contributed by atoms with Crippen LogP contribution in [0.3, 0.4) is 0 Å². The van der Waals surface area contributed by atoms with Crippen LogP contribution in [0.1, 0.15) is 45.2 Å². The Bertz CT molecular complexity index is 4760. The molecule has 2 aromatic heterocycles. The molecule has 0 amide bonds. The van der Waals surface area contributed by atoms with E-state index in [0.29, 0.717) is 0 Å². The number of rotatable bonds is 4. The first-order chi connectivity index (χ1) is 37.7. The zero-order valence-electron chi connectivity index (χ0n) is 41.5. The summed E-state index contributed by atoms with van der Waals surface area (Å²) < 4.78 is 4.87. The zero-order chi connectivity index (χ0) is 49.6. The lowest BCUT2D eigenvalue weighted by Crippen LogP contribution is -1.99. The molecule has 15 aromatic rings. The molecule has 0 radical (unpaired) electrons. The summed E-state index contributed by atoms with van der Waals surface area (Å²) >= 11 is 0. The largest absolute Gasteiger partial charge is 0.309 e. The average Bonchev–Trinajstić information content (AvgIpc) is 4.24. The summed E-state index contributed by atoms with van der Waals surface area (Å²) in [6.45, 7) is 0. The van der Waals surface area contributed by atoms with Crippen LogP contribution >= 0.6 is 0 Å². The first-order valence-corrected chi connectivity index (χ1v) is 26.6. The number of nitrogens with zero attached hydrogens (tertiary/aromatic N) is 2. The number of hydrogen-bond donors (Lipinski definition) is 0. The number of fused-ring (bicyclic) bond motifs is 12. The van der Waals surface area contributed by atoms with Crippen LogP contribution in [0.25, 0.3) is 120 Å². The van der Waals surface area contributed by atoms with Gasteiger partial charge in [-0.05, 0) is 195 Å². The number of hydrogen-bond acceptors (Lipinski definition) is 0. The summed E-state index contributed by atoms with van der Waals surface area (Å²) in [7, 11) is 0. The van der Waals surface area contributed by atoms with Crippen molar-refractivity contribution in [3.05, 3.63) is 300 Å². The zero-order valence-corrected chi connectivity index (χ0v) is 41.5. The molecule has 13 aromatic carbocycles. The Kier molecular flexibility index (Phi) is 8.71. The van der Waals surface area contributed by atoms with Gasteiger partial charge in [0.1, 0.15) is 0 Å². The topological polar surface area (TPSA) is 9.86 Å². The Hall–Kier alpha value is -9.76. The van der Waals surface area contributed by atoms with Gasteiger partial charge in [-0.3, -0.25) is 0 Å². The minimum atomic E-state index is 0.143. The Labute approximate surface area is 438 Å². The minimum Gasteiger partial charge on any atom is -0.309 e. The van der Waals surface area contributed by atoms with Crippen LogP contribution in [0.2, 0.25) is 0 Å². The molecule has 2 nitrogen and oxygen atoms in total. The molecule has 17 rings (SSSR count). The maximum atomic E-state index is 2.48. The number of para-hydroxylation sites is 2. The van der Waals surface area contributed by atoms with Crippen molar-refractivity contribution >= 4 is 108 Å². The van der Waals surface area contributed by atoms with Gasteiger partial charge in [0.25, 0.3) is 0 Å². The Morgan fingerprint density at radius 1 is 0.197 bits per heavy atom. The van der Waals surface area contributed by atoms with Crippen molar-refractivity contribution in [1.82, 2.24) is 9.13 Å². The van der Waals surface area contributed by atoms with E-state index in [0.717, 1.165) is 11.4 Å². The molecule has 0 aliphatic heterocycles. The van der Waals surface area contributed by atoms with Gasteiger partial charge in [-0.25, -0.2) is 0 Å². The highest BCUT2D eigenvalue weighted by Crippen LogP contribution is 2.49. The number of aromatic nitrogens is 2. The van der Waals surface area contributed by atoms with Crippen LogP contribution in [0.4, 0.5) is 0 Å². The Morgan fingerprint density at radius 2 is 0.421 bits per heavy atom. The summed E-state index contributed by atoms with van der Waals surface area (Å²) in [5.41, 5.74) is 15.1. The molecule has 0 saturated carbocycles. The van der Waals surface area contributed by atoms with E-state index in [1.54, 1.807) is 0 Å². The SMILES string of the molecule is c1ccc(C2c3ccc4cc3c3cc(ccc32)c2ccc3c(c2)c2cc(ccc2n3-c2ccccc2)c2ccc3c(c2)c2cc(ccc2n3-c2ccccc2)c2ccc3c(c2)c2cc4ccc2C3c2ccccc2)cc1. The maximum Gasteiger partial charge on any atom is 0.0541 e. The monoisotopic (exact) mass is 962 g/mol. The average molecular weight is 963 g/mol. The van der Waals surface area contributed by atoms with Crippen molar-refractivity contribution in [1.29, 1.82) is 0 Å². The smallest absolute Gasteiger partial charge is 0.0541 e. The van der Waals surface area contributed by atoms with Gasteiger partial charge in [-0.15, -0.1) is 0 Å². The van der Waals surface area contributed by atoms with E-state index in [2.05, 4.69) is 276 Å². The molecule has 2 unspecified atom stereocenters. The standard InChI is InChI=1S/C74H46N2/c1-5-13-45(14-6-1)73-57-29-21-47-37-61(57)63-39-49(23-31-59(63)73)51-25-33-69-65(41-51)67-43-53(27-35-71(67)75(69)55-17-9-3-10-18-55)54-28-36-72-68(44-54)66-42-52(26-34-70(66)76(72)56-19-11-4-12-20-56)50-24-32-60-64(40-50)62-38-48(47)22-30-58(62)74(60)46-15-7-2-8-16-46/h1-44,73-74H. The molecule has 352 valence electrons. The van der Waals surface area contributed by atoms with E-state index < -0.39 is 0 Å². The molecule has 0 fully saturated rings. The van der Waals surface area contributed by atoms with E-state index in [1.165, 1.54) is 142 Å². The lowest BCUT2D eigenvalue weighted by molar-refractivity contribution is 1.02. The highest BCUT2D eigenvalue weighted by Gasteiger charge is 2.29. The quantitative estimate of drug-likeness (QED) is 0.166. The van der Waals surface area contributed by atoms with Crippen LogP contribution in [0.5, 0.6) is 0 Å². The molecule has 2 aliphatic rings. The van der Waals surface area contributed by atoms with Gasteiger partial charge >= 0.3 is 0 Å². The summed E-state index contributed by atoms with van der Waals surface area (Å²) in [6.07, 6.45) is 0. The van der Waals surface area contributed by atoms with E-state index in [9.17, 15) is 0 Å². The van der Waals surface area contributed by atoms with Gasteiger partial charge in [-0.2, -0.15) is 0 Å². The van der Waals surface area contributed by atoms with Crippen LogP contribution in [-0.4, -0.2) is 9.13 Å². The van der Waals surface area contributed by atoms with Crippen molar-refractivity contribution < 1.29 is 0 Å². The summed E-state index contributed by atoms with van der Waals surface area (Å²) in [4.78, 5) is 0. The predicted molar refractivity (Wildman–Crippen MR) is 321 cm³/mol. The third kappa shape index (κ3) is 6.04. The molecule has 76 heavy (non-hydrogen) atoms. The van der Waals surface area contributed by atoms with E-state index in [4.69, 9.17) is 0 Å². The van der Waals surface area contributed by atoms with Gasteiger partial charge in [0, 0.05) is 44.8 Å². The molecule has 0 saturated heterocycles. The van der Waals surface area contributed by atoms with Crippen LogP contribution in [0.15, 0.2) is 267 Å². The third-order valence-corrected chi connectivity index (χ3v) is 17.2. The van der Waals surface area contributed by atoms with Gasteiger partial charge in [0.05, 0.1) is 22.1 Å². The Balaban J connectivity index is 1.03. The summed E-state index contributed by atoms with van der Waals surface area (Å²) in [5, 5.41) is 19.9. The second-order valence-electron chi connectivity index (χ2n) is 21.2. The fraction of sp³-hybridized carbons (Fsp3) is 0.0270. The molecule has 2 atom stereocenters. The predicted octanol–water partition coefficient (Wildman–Crippen LogP) is 19.5. The molecule has 2 heterocycles. The number of benzene rings is 12. The lowest BCUT2D eigenvalue weighted by Gasteiger charge is -2.15. The van der Waals surface area contributed by atoms with Crippen molar-refractivity contribution in [2.75, 3.05) is 0 Å². The highest BCUT2D eigenvalue weighted by molar-refractivity contribution is 6.17. The normalized spacial score (nSPS) is 14.6. The van der Waals surface area contributed by atoms with E-state index in [-0.39, 0.29) is 11.8 Å². The Morgan fingerprint density at radius 3 is 0.684 bits per heavy atom. The highest BCUT2D eigenvalue weighted by atomic mass is 15.0. The second-order valence-corrected chi connectivity index (χ2v) is 21.2. The van der Waals surface area contributed by atoms with E-state index >= 15 is 0 Å². The van der Waals surface area contributed by atoms with Crippen molar-refractivity contribution in [2.45, 2.75) is 11.8 Å². The van der Waals surface area contributed by atoms with Gasteiger partial charge in [-0.1, -0.05) is 170 Å². The van der Waals surface area contributed by atoms with Crippen molar-refractivity contribution in [3.63, 3.8) is 0 Å². The first-order valence-electron chi connectivity index (χ1n) is 26.6. The van der Waals surface area contributed by atoms with Crippen LogP contribution in [0, 0.1) is 0 Å². The maximum absolute atomic E-state index is 2.48. The van der Waals surface area contributed by atoms with Crippen LogP contribution in [-0.2, 0) is 0 Å². The lowest BCUT2D eigenvalue weighted by atomic mass is 9.88. The summed E-state index contributed by atoms with van der Waals surface area (Å²) in [5.74, 6) is 0.286. The second kappa shape index (κ2) is 15.9. The van der Waals surface area contributed by atoms with Gasteiger partial charge in [0.15, 0.2) is 0 Å². The fourth-order valence-corrected chi connectivity index (χ4v) is 13.7.